The Balaban J connectivity index is 1.54. The van der Waals surface area contributed by atoms with Crippen molar-refractivity contribution in [2.75, 3.05) is 26.0 Å². The number of aromatic nitrogens is 1. The lowest BCUT2D eigenvalue weighted by Crippen LogP contribution is -2.20. The summed E-state index contributed by atoms with van der Waals surface area (Å²) in [7, 11) is -0.523. The second-order valence-corrected chi connectivity index (χ2v) is 9.59. The van der Waals surface area contributed by atoms with Crippen LogP contribution in [0.3, 0.4) is 0 Å². The quantitative estimate of drug-likeness (QED) is 0.563. The van der Waals surface area contributed by atoms with Crippen LogP contribution in [0.15, 0.2) is 70.2 Å². The molecule has 1 fully saturated rings. The van der Waals surface area contributed by atoms with Crippen LogP contribution in [0, 0.1) is 0 Å². The number of amidine groups is 1. The predicted octanol–water partition coefficient (Wildman–Crippen LogP) is 4.20. The van der Waals surface area contributed by atoms with Gasteiger partial charge in [-0.15, -0.1) is 4.40 Å². The van der Waals surface area contributed by atoms with Gasteiger partial charge in [0.1, 0.15) is 11.6 Å². The summed E-state index contributed by atoms with van der Waals surface area (Å²) in [6.45, 7) is 0.791. The summed E-state index contributed by atoms with van der Waals surface area (Å²) < 4.78 is 36.4. The lowest BCUT2D eigenvalue weighted by molar-refractivity contribution is 0.102. The number of methoxy groups -OCH3 is 1. The predicted molar refractivity (Wildman–Crippen MR) is 128 cm³/mol. The summed E-state index contributed by atoms with van der Waals surface area (Å²) in [5.41, 5.74) is 1.36. The fourth-order valence-corrected chi connectivity index (χ4v) is 4.95. The van der Waals surface area contributed by atoms with Gasteiger partial charge in [-0.3, -0.25) is 4.79 Å². The number of sulfonamides is 1. The molecule has 0 aliphatic carbocycles. The molecule has 1 amide bonds. The van der Waals surface area contributed by atoms with Gasteiger partial charge >= 0.3 is 0 Å². The number of hydrogen-bond acceptors (Lipinski definition) is 4. The van der Waals surface area contributed by atoms with E-state index in [1.54, 1.807) is 6.07 Å². The third-order valence-corrected chi connectivity index (χ3v) is 6.99. The molecule has 1 saturated heterocycles. The lowest BCUT2D eigenvalue weighted by atomic mass is 10.1. The molecule has 0 bridgehead atoms. The van der Waals surface area contributed by atoms with E-state index in [4.69, 9.17) is 16.3 Å². The number of carbonyl (C=O) groups is 1. The van der Waals surface area contributed by atoms with E-state index < -0.39 is 15.9 Å². The van der Waals surface area contributed by atoms with Crippen molar-refractivity contribution >= 4 is 39.1 Å². The fourth-order valence-electron chi connectivity index (χ4n) is 3.59. The molecule has 2 aromatic carbocycles. The number of rotatable bonds is 6. The van der Waals surface area contributed by atoms with Crippen LogP contribution in [-0.4, -0.2) is 50.3 Å². The number of hydrogen-bond donors (Lipinski definition) is 1. The first-order valence-electron chi connectivity index (χ1n) is 10.3. The Labute approximate surface area is 197 Å². The number of amides is 1. The fraction of sp³-hybridized carbons (Fsp3) is 0.217. The van der Waals surface area contributed by atoms with Gasteiger partial charge in [-0.05, 0) is 48.9 Å². The first-order chi connectivity index (χ1) is 15.8. The van der Waals surface area contributed by atoms with Crippen molar-refractivity contribution in [3.05, 3.63) is 71.5 Å². The van der Waals surface area contributed by atoms with Crippen LogP contribution in [0.5, 0.6) is 5.75 Å². The molecule has 0 radical (unpaired) electrons. The molecule has 172 valence electrons. The monoisotopic (exact) mass is 486 g/mol. The molecule has 1 aliphatic rings. The maximum atomic E-state index is 12.9. The van der Waals surface area contributed by atoms with Crippen LogP contribution < -0.4 is 10.1 Å². The van der Waals surface area contributed by atoms with Crippen LogP contribution in [-0.2, 0) is 10.0 Å². The van der Waals surface area contributed by atoms with Crippen molar-refractivity contribution in [2.45, 2.75) is 17.7 Å². The molecular formula is C23H23ClN4O4S. The molecule has 4 rings (SSSR count). The second-order valence-electron chi connectivity index (χ2n) is 7.58. The first-order valence-corrected chi connectivity index (χ1v) is 12.1. The number of ether oxygens (including phenoxy) is 1. The number of benzene rings is 2. The molecule has 8 nitrogen and oxygen atoms in total. The van der Waals surface area contributed by atoms with Crippen LogP contribution in [0.2, 0.25) is 5.02 Å². The number of nitrogens with zero attached hydrogens (tertiary/aromatic N) is 3. The Hall–Kier alpha value is -3.30. The summed E-state index contributed by atoms with van der Waals surface area (Å²) in [4.78, 5) is 14.8. The third-order valence-electron chi connectivity index (χ3n) is 5.37. The normalized spacial score (nSPS) is 15.1. The molecule has 0 unspecified atom stereocenters. The molecule has 1 aliphatic heterocycles. The minimum atomic E-state index is -3.82. The van der Waals surface area contributed by atoms with Crippen molar-refractivity contribution < 1.29 is 17.9 Å². The molecule has 0 saturated carbocycles. The Morgan fingerprint density at radius 2 is 1.85 bits per heavy atom. The second kappa shape index (κ2) is 9.29. The Morgan fingerprint density at radius 1 is 1.15 bits per heavy atom. The van der Waals surface area contributed by atoms with E-state index in [0.717, 1.165) is 13.0 Å². The largest absolute Gasteiger partial charge is 0.496 e. The van der Waals surface area contributed by atoms with Gasteiger partial charge in [-0.2, -0.15) is 8.42 Å². The van der Waals surface area contributed by atoms with E-state index >= 15 is 0 Å². The third kappa shape index (κ3) is 4.89. The molecular weight excluding hydrogens is 464 g/mol. The molecule has 2 heterocycles. The SMILES string of the molecule is COc1cc(-n2cccc2)c(Cl)cc1C(=O)Nc1ccc(S(=O)(=O)/N=C2/CCCN2C)cc1. The van der Waals surface area contributed by atoms with E-state index in [2.05, 4.69) is 9.71 Å². The molecule has 1 N–H and O–H groups in total. The molecule has 3 aromatic rings. The average molecular weight is 487 g/mol. The summed E-state index contributed by atoms with van der Waals surface area (Å²) in [5, 5.41) is 3.13. The van der Waals surface area contributed by atoms with Crippen molar-refractivity contribution in [3.63, 3.8) is 0 Å². The first kappa shape index (κ1) is 22.9. The van der Waals surface area contributed by atoms with Gasteiger partial charge < -0.3 is 19.5 Å². The molecule has 0 spiro atoms. The van der Waals surface area contributed by atoms with E-state index in [1.807, 2.05) is 41.0 Å². The van der Waals surface area contributed by atoms with Crippen LogP contribution in [0.25, 0.3) is 5.69 Å². The Kier molecular flexibility index (Phi) is 6.44. The van der Waals surface area contributed by atoms with Crippen LogP contribution in [0.1, 0.15) is 23.2 Å². The topological polar surface area (TPSA) is 93.0 Å². The standard InChI is InChI=1S/C23H23ClN4O4S/c1-27-11-5-6-22(27)26-33(30,31)17-9-7-16(8-10-17)25-23(29)18-14-19(24)20(15-21(18)32-2)28-12-3-4-13-28/h3-4,7-10,12-15H,5-6,11H2,1-2H3,(H,25,29)/b26-22-. The highest BCUT2D eigenvalue weighted by Crippen LogP contribution is 2.30. The molecule has 1 aromatic heterocycles. The van der Waals surface area contributed by atoms with Crippen LogP contribution in [0.4, 0.5) is 5.69 Å². The van der Waals surface area contributed by atoms with E-state index in [9.17, 15) is 13.2 Å². The molecule has 33 heavy (non-hydrogen) atoms. The number of likely N-dealkylation sites (tertiary alicyclic amines) is 1. The minimum absolute atomic E-state index is 0.0602. The van der Waals surface area contributed by atoms with Gasteiger partial charge in [0, 0.05) is 44.2 Å². The van der Waals surface area contributed by atoms with Crippen LogP contribution >= 0.6 is 11.6 Å². The van der Waals surface area contributed by atoms with E-state index in [-0.39, 0.29) is 10.5 Å². The Morgan fingerprint density at radius 3 is 2.45 bits per heavy atom. The van der Waals surface area contributed by atoms with Gasteiger partial charge in [0.15, 0.2) is 0 Å². The zero-order chi connectivity index (χ0) is 23.6. The summed E-state index contributed by atoms with van der Waals surface area (Å²) >= 11 is 6.41. The zero-order valence-corrected chi connectivity index (χ0v) is 19.7. The average Bonchev–Trinajstić information content (AvgIpc) is 3.46. The summed E-state index contributed by atoms with van der Waals surface area (Å²) in [5.74, 6) is 0.479. The zero-order valence-electron chi connectivity index (χ0n) is 18.2. The molecule has 0 atom stereocenters. The smallest absolute Gasteiger partial charge is 0.283 e. The number of halogens is 1. The number of anilines is 1. The summed E-state index contributed by atoms with van der Waals surface area (Å²) in [6.07, 6.45) is 5.20. The maximum Gasteiger partial charge on any atom is 0.283 e. The van der Waals surface area contributed by atoms with Gasteiger partial charge in [-0.1, -0.05) is 11.6 Å². The minimum Gasteiger partial charge on any atom is -0.496 e. The van der Waals surface area contributed by atoms with Gasteiger partial charge in [0.25, 0.3) is 15.9 Å². The van der Waals surface area contributed by atoms with Gasteiger partial charge in [0.2, 0.25) is 0 Å². The number of nitrogens with one attached hydrogen (secondary N) is 1. The van der Waals surface area contributed by atoms with Gasteiger partial charge in [-0.25, -0.2) is 0 Å². The molecule has 10 heteroatoms. The van der Waals surface area contributed by atoms with Crippen molar-refractivity contribution in [3.8, 4) is 11.4 Å². The van der Waals surface area contributed by atoms with E-state index in [1.165, 1.54) is 37.4 Å². The van der Waals surface area contributed by atoms with Crippen molar-refractivity contribution in [1.82, 2.24) is 9.47 Å². The van der Waals surface area contributed by atoms with Crippen molar-refractivity contribution in [1.29, 1.82) is 0 Å². The highest BCUT2D eigenvalue weighted by molar-refractivity contribution is 7.90. The maximum absolute atomic E-state index is 12.9. The van der Waals surface area contributed by atoms with Crippen molar-refractivity contribution in [2.24, 2.45) is 4.40 Å². The highest BCUT2D eigenvalue weighted by Gasteiger charge is 2.21. The Bertz CT molecular complexity index is 1300. The number of carbonyl (C=O) groups excluding carboxylic acids is 1. The highest BCUT2D eigenvalue weighted by atomic mass is 35.5. The lowest BCUT2D eigenvalue weighted by Gasteiger charge is -2.14. The van der Waals surface area contributed by atoms with Gasteiger partial charge in [0.05, 0.1) is 28.3 Å². The summed E-state index contributed by atoms with van der Waals surface area (Å²) in [6, 6.07) is 12.8. The van der Waals surface area contributed by atoms with E-state index in [0.29, 0.717) is 34.4 Å².